The molecule has 5 nitrogen and oxygen atoms in total. The van der Waals surface area contributed by atoms with E-state index < -0.39 is 7.19 Å². The zero-order valence-corrected chi connectivity index (χ0v) is 6.28. The highest BCUT2D eigenvalue weighted by Crippen LogP contribution is 1.90. The van der Waals surface area contributed by atoms with Crippen molar-refractivity contribution in [2.75, 3.05) is 0 Å². The predicted molar refractivity (Wildman–Crippen MR) is 43.2 cm³/mol. The molecule has 0 aliphatic rings. The summed E-state index contributed by atoms with van der Waals surface area (Å²) < 4.78 is 2.82. The van der Waals surface area contributed by atoms with Crippen LogP contribution in [-0.4, -0.2) is 31.6 Å². The van der Waals surface area contributed by atoms with Crippen LogP contribution < -0.4 is 0 Å². The highest BCUT2D eigenvalue weighted by Gasteiger charge is 2.18. The van der Waals surface area contributed by atoms with E-state index in [0.29, 0.717) is 0 Å². The monoisotopic (exact) mass is 162 g/mol. The first-order chi connectivity index (χ1) is 5.88. The van der Waals surface area contributed by atoms with Crippen LogP contribution in [-0.2, 0) is 0 Å². The summed E-state index contributed by atoms with van der Waals surface area (Å²) in [6, 6.07) is 3.49. The number of hydrogen-bond donors (Lipinski definition) is 1. The molecule has 0 radical (unpaired) electrons. The first-order valence-corrected chi connectivity index (χ1v) is 3.54. The minimum Gasteiger partial charge on any atom is -0.411 e. The van der Waals surface area contributed by atoms with Gasteiger partial charge in [-0.15, -0.1) is 0 Å². The van der Waals surface area contributed by atoms with E-state index in [1.54, 1.807) is 36.9 Å². The van der Waals surface area contributed by atoms with Crippen molar-refractivity contribution in [3.8, 4) is 0 Å². The molecule has 0 unspecified atom stereocenters. The first kappa shape index (κ1) is 7.11. The summed E-state index contributed by atoms with van der Waals surface area (Å²) in [5, 5.41) is 17.3. The Morgan fingerprint density at radius 3 is 1.83 bits per heavy atom. The fourth-order valence-corrected chi connectivity index (χ4v) is 0.956. The van der Waals surface area contributed by atoms with Gasteiger partial charge in [0.05, 0.1) is 0 Å². The summed E-state index contributed by atoms with van der Waals surface area (Å²) in [4.78, 5) is 0. The highest BCUT2D eigenvalue weighted by atomic mass is 16.2. The Bertz CT molecular complexity index is 296. The van der Waals surface area contributed by atoms with Crippen LogP contribution in [0.4, 0.5) is 0 Å². The minimum absolute atomic E-state index is 0.852. The van der Waals surface area contributed by atoms with Gasteiger partial charge in [-0.1, -0.05) is 0 Å². The fraction of sp³-hybridized carbons (Fsp3) is 0. The van der Waals surface area contributed by atoms with Crippen LogP contribution in [0.1, 0.15) is 0 Å². The molecule has 2 heterocycles. The van der Waals surface area contributed by atoms with Crippen molar-refractivity contribution in [3.05, 3.63) is 36.9 Å². The van der Waals surface area contributed by atoms with Gasteiger partial charge in [-0.25, -0.2) is 0 Å². The summed E-state index contributed by atoms with van der Waals surface area (Å²) >= 11 is 0. The van der Waals surface area contributed by atoms with E-state index >= 15 is 0 Å². The average molecular weight is 162 g/mol. The molecule has 0 fully saturated rings. The Morgan fingerprint density at radius 1 is 1.00 bits per heavy atom. The van der Waals surface area contributed by atoms with Gasteiger partial charge in [-0.05, 0) is 12.1 Å². The lowest BCUT2D eigenvalue weighted by Crippen LogP contribution is -2.34. The molecule has 2 rings (SSSR count). The predicted octanol–water partition coefficient (Wildman–Crippen LogP) is -0.547. The van der Waals surface area contributed by atoms with Crippen LogP contribution in [0, 0.1) is 0 Å². The smallest absolute Gasteiger partial charge is 0.411 e. The molecule has 0 saturated carbocycles. The molecule has 2 aromatic heterocycles. The van der Waals surface area contributed by atoms with Gasteiger partial charge < -0.3 is 5.02 Å². The maximum Gasteiger partial charge on any atom is 0.588 e. The quantitative estimate of drug-likeness (QED) is 0.603. The lowest BCUT2D eigenvalue weighted by molar-refractivity contribution is 0.514. The Morgan fingerprint density at radius 2 is 1.50 bits per heavy atom. The van der Waals surface area contributed by atoms with E-state index in [2.05, 4.69) is 10.2 Å². The Hall–Kier alpha value is -1.56. The third-order valence-corrected chi connectivity index (χ3v) is 1.52. The van der Waals surface area contributed by atoms with E-state index in [0.717, 1.165) is 0 Å². The van der Waals surface area contributed by atoms with Crippen LogP contribution in [0.5, 0.6) is 0 Å². The molecular weight excluding hydrogens is 155 g/mol. The number of aromatic nitrogens is 4. The summed E-state index contributed by atoms with van der Waals surface area (Å²) in [5.74, 6) is 0. The van der Waals surface area contributed by atoms with Crippen LogP contribution >= 0.6 is 0 Å². The van der Waals surface area contributed by atoms with Crippen molar-refractivity contribution in [3.63, 3.8) is 0 Å². The summed E-state index contributed by atoms with van der Waals surface area (Å²) in [5.41, 5.74) is 0. The number of nitrogens with zero attached hydrogens (tertiary/aromatic N) is 4. The second-order valence-corrected chi connectivity index (χ2v) is 2.32. The average Bonchev–Trinajstić information content (AvgIpc) is 2.77. The van der Waals surface area contributed by atoms with Gasteiger partial charge in [0.15, 0.2) is 0 Å². The molecule has 0 aromatic carbocycles. The molecule has 2 aromatic rings. The first-order valence-electron chi connectivity index (χ1n) is 3.54. The summed E-state index contributed by atoms with van der Waals surface area (Å²) in [7, 11) is -0.852. The summed E-state index contributed by atoms with van der Waals surface area (Å²) in [6.45, 7) is 0. The van der Waals surface area contributed by atoms with Gasteiger partial charge in [0, 0.05) is 24.8 Å². The number of rotatable bonds is 2. The summed E-state index contributed by atoms with van der Waals surface area (Å²) in [6.07, 6.45) is 6.55. The van der Waals surface area contributed by atoms with E-state index in [1.807, 2.05) is 0 Å². The minimum atomic E-state index is -0.852. The zero-order valence-electron chi connectivity index (χ0n) is 6.28. The zero-order chi connectivity index (χ0) is 8.39. The molecule has 12 heavy (non-hydrogen) atoms. The van der Waals surface area contributed by atoms with E-state index in [9.17, 15) is 5.02 Å². The molecule has 0 bridgehead atoms. The van der Waals surface area contributed by atoms with Gasteiger partial charge in [0.2, 0.25) is 0 Å². The maximum atomic E-state index is 9.57. The van der Waals surface area contributed by atoms with Crippen molar-refractivity contribution in [1.82, 2.24) is 19.4 Å². The second kappa shape index (κ2) is 2.82. The highest BCUT2D eigenvalue weighted by molar-refractivity contribution is 6.45. The van der Waals surface area contributed by atoms with Crippen LogP contribution in [0.15, 0.2) is 36.9 Å². The molecule has 6 heteroatoms. The molecule has 0 saturated heterocycles. The Kier molecular flexibility index (Phi) is 1.67. The third kappa shape index (κ3) is 1.12. The van der Waals surface area contributed by atoms with E-state index in [-0.39, 0.29) is 0 Å². The normalized spacial score (nSPS) is 10.1. The third-order valence-electron chi connectivity index (χ3n) is 1.52. The molecule has 1 N–H and O–H groups in total. The lowest BCUT2D eigenvalue weighted by atomic mass is 10.1. The van der Waals surface area contributed by atoms with Crippen LogP contribution in [0.25, 0.3) is 0 Å². The second-order valence-electron chi connectivity index (χ2n) is 2.32. The van der Waals surface area contributed by atoms with Crippen molar-refractivity contribution in [2.45, 2.75) is 0 Å². The molecule has 0 aliphatic heterocycles. The van der Waals surface area contributed by atoms with Gasteiger partial charge >= 0.3 is 7.19 Å². The van der Waals surface area contributed by atoms with Gasteiger partial charge in [-0.3, -0.25) is 9.19 Å². The Balaban J connectivity index is 2.27. The van der Waals surface area contributed by atoms with Crippen molar-refractivity contribution in [2.24, 2.45) is 0 Å². The SMILES string of the molecule is OB(n1cccn1)n1cccn1. The largest absolute Gasteiger partial charge is 0.588 e. The lowest BCUT2D eigenvalue weighted by Gasteiger charge is -2.04. The maximum absolute atomic E-state index is 9.57. The van der Waals surface area contributed by atoms with Crippen molar-refractivity contribution < 1.29 is 5.02 Å². The molecule has 60 valence electrons. The molecule has 0 spiro atoms. The number of hydrogen-bond acceptors (Lipinski definition) is 3. The topological polar surface area (TPSA) is 55.9 Å². The molecular formula is C6H7BN4O. The van der Waals surface area contributed by atoms with Crippen LogP contribution in [0.2, 0.25) is 0 Å². The van der Waals surface area contributed by atoms with Crippen molar-refractivity contribution in [1.29, 1.82) is 0 Å². The van der Waals surface area contributed by atoms with Gasteiger partial charge in [-0.2, -0.15) is 10.2 Å². The van der Waals surface area contributed by atoms with Crippen LogP contribution in [0.3, 0.4) is 0 Å². The molecule has 0 amide bonds. The molecule has 0 aliphatic carbocycles. The molecule has 0 atom stereocenters. The Labute approximate surface area is 69.4 Å². The standard InChI is InChI=1S/C6H7BN4O/c12-7(10-5-1-3-8-10)11-6-2-4-9-11/h1-6,12H. The fourth-order valence-electron chi connectivity index (χ4n) is 0.956. The van der Waals surface area contributed by atoms with Gasteiger partial charge in [0.1, 0.15) is 0 Å². The van der Waals surface area contributed by atoms with Gasteiger partial charge in [0.25, 0.3) is 0 Å². The van der Waals surface area contributed by atoms with E-state index in [4.69, 9.17) is 0 Å². The van der Waals surface area contributed by atoms with E-state index in [1.165, 1.54) is 9.19 Å². The van der Waals surface area contributed by atoms with Crippen molar-refractivity contribution >= 4 is 7.19 Å².